The third kappa shape index (κ3) is 2.65. The minimum Gasteiger partial charge on any atom is -0.353 e. The average molecular weight is 252 g/mol. The Morgan fingerprint density at radius 3 is 3.00 bits per heavy atom. The highest BCUT2D eigenvalue weighted by Crippen LogP contribution is 2.07. The molecule has 1 fully saturated rings. The van der Waals surface area contributed by atoms with Crippen molar-refractivity contribution in [3.05, 3.63) is 12.2 Å². The van der Waals surface area contributed by atoms with Crippen LogP contribution in [0.15, 0.2) is 6.33 Å². The van der Waals surface area contributed by atoms with Gasteiger partial charge in [-0.25, -0.2) is 0 Å². The molecule has 0 bridgehead atoms. The number of rotatable bonds is 3. The molecule has 1 aliphatic rings. The van der Waals surface area contributed by atoms with Gasteiger partial charge in [-0.15, -0.1) is 10.2 Å². The molecule has 0 aliphatic carbocycles. The fraction of sp³-hybridized carbons (Fsp3) is 0.600. The van der Waals surface area contributed by atoms with Gasteiger partial charge < -0.3 is 15.2 Å². The van der Waals surface area contributed by atoms with Crippen LogP contribution in [0.5, 0.6) is 0 Å². The number of hydrogen-bond donors (Lipinski definition) is 3. The SMILES string of the molecule is CC(NC(=O)C1CNC(=O)CN1)c1nncn1C. The van der Waals surface area contributed by atoms with E-state index in [1.54, 1.807) is 10.9 Å². The van der Waals surface area contributed by atoms with E-state index in [2.05, 4.69) is 26.1 Å². The Balaban J connectivity index is 1.91. The molecule has 2 amide bonds. The fourth-order valence-corrected chi connectivity index (χ4v) is 1.81. The van der Waals surface area contributed by atoms with Gasteiger partial charge in [-0.3, -0.25) is 14.9 Å². The number of aryl methyl sites for hydroxylation is 1. The second-order valence-corrected chi connectivity index (χ2v) is 4.27. The van der Waals surface area contributed by atoms with Crippen LogP contribution in [0.4, 0.5) is 0 Å². The number of nitrogens with zero attached hydrogens (tertiary/aromatic N) is 3. The lowest BCUT2D eigenvalue weighted by molar-refractivity contribution is -0.127. The van der Waals surface area contributed by atoms with Gasteiger partial charge in [-0.2, -0.15) is 0 Å². The van der Waals surface area contributed by atoms with Crippen molar-refractivity contribution in [1.82, 2.24) is 30.7 Å². The van der Waals surface area contributed by atoms with Crippen LogP contribution in [0.25, 0.3) is 0 Å². The number of carbonyl (C=O) groups excluding carboxylic acids is 2. The summed E-state index contributed by atoms with van der Waals surface area (Å²) in [5.74, 6) is 0.425. The molecule has 2 heterocycles. The van der Waals surface area contributed by atoms with Crippen molar-refractivity contribution in [1.29, 1.82) is 0 Å². The molecule has 2 rings (SSSR count). The molecule has 2 atom stereocenters. The molecule has 0 radical (unpaired) electrons. The second-order valence-electron chi connectivity index (χ2n) is 4.27. The van der Waals surface area contributed by atoms with Crippen molar-refractivity contribution in [2.75, 3.05) is 13.1 Å². The second kappa shape index (κ2) is 5.13. The Morgan fingerprint density at radius 1 is 1.67 bits per heavy atom. The predicted octanol–water partition coefficient (Wildman–Crippen LogP) is -1.92. The van der Waals surface area contributed by atoms with Gasteiger partial charge in [-0.1, -0.05) is 0 Å². The molecular formula is C10H16N6O2. The van der Waals surface area contributed by atoms with Crippen LogP contribution in [-0.4, -0.2) is 45.7 Å². The van der Waals surface area contributed by atoms with Crippen LogP contribution in [-0.2, 0) is 16.6 Å². The van der Waals surface area contributed by atoms with E-state index in [0.717, 1.165) is 0 Å². The first-order valence-corrected chi connectivity index (χ1v) is 5.72. The first-order valence-electron chi connectivity index (χ1n) is 5.72. The summed E-state index contributed by atoms with van der Waals surface area (Å²) >= 11 is 0. The smallest absolute Gasteiger partial charge is 0.239 e. The third-order valence-electron chi connectivity index (χ3n) is 2.82. The Bertz CT molecular complexity index is 447. The Kier molecular flexibility index (Phi) is 3.56. The molecule has 0 aromatic carbocycles. The summed E-state index contributed by atoms with van der Waals surface area (Å²) in [6, 6.07) is -0.636. The van der Waals surface area contributed by atoms with Crippen LogP contribution < -0.4 is 16.0 Å². The minimum absolute atomic E-state index is 0.0969. The van der Waals surface area contributed by atoms with Crippen LogP contribution >= 0.6 is 0 Å². The number of nitrogens with one attached hydrogen (secondary N) is 3. The topological polar surface area (TPSA) is 101 Å². The van der Waals surface area contributed by atoms with Crippen molar-refractivity contribution in [2.45, 2.75) is 19.0 Å². The molecule has 1 aromatic rings. The zero-order valence-corrected chi connectivity index (χ0v) is 10.3. The molecule has 8 heteroatoms. The minimum atomic E-state index is -0.404. The number of carbonyl (C=O) groups is 2. The summed E-state index contributed by atoms with van der Waals surface area (Å²) in [5, 5.41) is 16.0. The van der Waals surface area contributed by atoms with E-state index in [0.29, 0.717) is 12.4 Å². The van der Waals surface area contributed by atoms with Crippen LogP contribution in [0, 0.1) is 0 Å². The molecule has 8 nitrogen and oxygen atoms in total. The number of aromatic nitrogens is 3. The highest BCUT2D eigenvalue weighted by atomic mass is 16.2. The van der Waals surface area contributed by atoms with Gasteiger partial charge in [0.1, 0.15) is 12.4 Å². The molecular weight excluding hydrogens is 236 g/mol. The Morgan fingerprint density at radius 2 is 2.44 bits per heavy atom. The van der Waals surface area contributed by atoms with Crippen molar-refractivity contribution >= 4 is 11.8 Å². The van der Waals surface area contributed by atoms with E-state index in [4.69, 9.17) is 0 Å². The van der Waals surface area contributed by atoms with Crippen molar-refractivity contribution < 1.29 is 9.59 Å². The van der Waals surface area contributed by atoms with E-state index in [9.17, 15) is 9.59 Å². The lowest BCUT2D eigenvalue weighted by Gasteiger charge is -2.24. The summed E-state index contributed by atoms with van der Waals surface area (Å²) in [5.41, 5.74) is 0. The van der Waals surface area contributed by atoms with Gasteiger partial charge in [0, 0.05) is 13.6 Å². The summed E-state index contributed by atoms with van der Waals surface area (Å²) in [7, 11) is 1.82. The zero-order chi connectivity index (χ0) is 13.1. The van der Waals surface area contributed by atoms with Crippen LogP contribution in [0.3, 0.4) is 0 Å². The molecule has 1 aromatic heterocycles. The standard InChI is InChI=1S/C10H16N6O2/c1-6(9-15-13-5-16(9)2)14-10(18)7-3-12-8(17)4-11-7/h5-7,11H,3-4H2,1-2H3,(H,12,17)(H,14,18). The summed E-state index contributed by atoms with van der Waals surface area (Å²) < 4.78 is 1.75. The molecule has 1 saturated heterocycles. The maximum atomic E-state index is 11.9. The molecule has 0 saturated carbocycles. The average Bonchev–Trinajstić information content (AvgIpc) is 2.76. The maximum Gasteiger partial charge on any atom is 0.239 e. The summed E-state index contributed by atoms with van der Waals surface area (Å²) in [6.07, 6.45) is 1.58. The largest absolute Gasteiger partial charge is 0.353 e. The molecule has 1 aliphatic heterocycles. The molecule has 0 spiro atoms. The van der Waals surface area contributed by atoms with Crippen LogP contribution in [0.1, 0.15) is 18.8 Å². The van der Waals surface area contributed by atoms with Gasteiger partial charge in [0.05, 0.1) is 12.6 Å². The fourth-order valence-electron chi connectivity index (χ4n) is 1.81. The highest BCUT2D eigenvalue weighted by Gasteiger charge is 2.25. The lowest BCUT2D eigenvalue weighted by atomic mass is 10.2. The molecule has 18 heavy (non-hydrogen) atoms. The number of hydrogen-bond acceptors (Lipinski definition) is 5. The van der Waals surface area contributed by atoms with Gasteiger partial charge >= 0.3 is 0 Å². The molecule has 2 unspecified atom stereocenters. The first-order chi connectivity index (χ1) is 8.58. The maximum absolute atomic E-state index is 11.9. The normalized spacial score (nSPS) is 21.2. The Labute approximate surface area is 104 Å². The first kappa shape index (κ1) is 12.5. The van der Waals surface area contributed by atoms with Crippen molar-refractivity contribution in [3.8, 4) is 0 Å². The number of amides is 2. The van der Waals surface area contributed by atoms with E-state index in [1.807, 2.05) is 14.0 Å². The quantitative estimate of drug-likeness (QED) is 0.582. The monoisotopic (exact) mass is 252 g/mol. The molecule has 3 N–H and O–H groups in total. The van der Waals surface area contributed by atoms with E-state index < -0.39 is 6.04 Å². The molecule has 98 valence electrons. The van der Waals surface area contributed by atoms with Gasteiger partial charge in [0.25, 0.3) is 0 Å². The van der Waals surface area contributed by atoms with Crippen molar-refractivity contribution in [2.24, 2.45) is 7.05 Å². The summed E-state index contributed by atoms with van der Waals surface area (Å²) in [6.45, 7) is 2.30. The number of piperazine rings is 1. The van der Waals surface area contributed by atoms with Gasteiger partial charge in [0.2, 0.25) is 11.8 Å². The lowest BCUT2D eigenvalue weighted by Crippen LogP contribution is -2.58. The van der Waals surface area contributed by atoms with E-state index in [1.165, 1.54) is 0 Å². The van der Waals surface area contributed by atoms with Crippen molar-refractivity contribution in [3.63, 3.8) is 0 Å². The van der Waals surface area contributed by atoms with E-state index >= 15 is 0 Å². The van der Waals surface area contributed by atoms with E-state index in [-0.39, 0.29) is 24.4 Å². The summed E-state index contributed by atoms with van der Waals surface area (Å²) in [4.78, 5) is 22.9. The van der Waals surface area contributed by atoms with Gasteiger partial charge in [0.15, 0.2) is 5.82 Å². The van der Waals surface area contributed by atoms with Crippen LogP contribution in [0.2, 0.25) is 0 Å². The zero-order valence-electron chi connectivity index (χ0n) is 10.3. The Hall–Kier alpha value is -1.96. The highest BCUT2D eigenvalue weighted by molar-refractivity contribution is 5.86. The predicted molar refractivity (Wildman–Crippen MR) is 62.4 cm³/mol. The van der Waals surface area contributed by atoms with Gasteiger partial charge in [-0.05, 0) is 6.92 Å². The third-order valence-corrected chi connectivity index (χ3v) is 2.82.